The van der Waals surface area contributed by atoms with Crippen molar-refractivity contribution in [2.24, 2.45) is 0 Å². The molecule has 0 bridgehead atoms. The van der Waals surface area contributed by atoms with Gasteiger partial charge in [-0.15, -0.1) is 0 Å². The molecule has 0 saturated heterocycles. The van der Waals surface area contributed by atoms with Crippen LogP contribution in [0, 0.1) is 0 Å². The maximum atomic E-state index is 10.5. The van der Waals surface area contributed by atoms with Crippen LogP contribution in [0.5, 0.6) is 0 Å². The molecule has 2 nitrogen and oxygen atoms in total. The second-order valence-electron chi connectivity index (χ2n) is 5.44. The molecular weight excluding hydrogens is 246 g/mol. The van der Waals surface area contributed by atoms with Crippen LogP contribution in [0.4, 0.5) is 5.69 Å². The Hall–Kier alpha value is -1.31. The Morgan fingerprint density at radius 2 is 1.45 bits per heavy atom. The summed E-state index contributed by atoms with van der Waals surface area (Å²) < 4.78 is 0. The van der Waals surface area contributed by atoms with E-state index in [1.54, 1.807) is 0 Å². The van der Waals surface area contributed by atoms with Crippen molar-refractivity contribution >= 4 is 12.0 Å². The molecule has 0 radical (unpaired) electrons. The van der Waals surface area contributed by atoms with E-state index in [0.29, 0.717) is 6.42 Å². The molecule has 0 saturated carbocycles. The van der Waals surface area contributed by atoms with E-state index in [1.807, 2.05) is 0 Å². The van der Waals surface area contributed by atoms with Gasteiger partial charge in [-0.2, -0.15) is 0 Å². The zero-order valence-electron chi connectivity index (χ0n) is 13.1. The van der Waals surface area contributed by atoms with Gasteiger partial charge in [0.1, 0.15) is 6.29 Å². The van der Waals surface area contributed by atoms with Gasteiger partial charge < -0.3 is 9.69 Å². The van der Waals surface area contributed by atoms with Crippen molar-refractivity contribution in [3.8, 4) is 0 Å². The molecule has 0 N–H and O–H groups in total. The minimum atomic E-state index is 0.520. The number of carbonyl (C=O) groups excluding carboxylic acids is 1. The summed E-state index contributed by atoms with van der Waals surface area (Å²) in [6, 6.07) is 8.49. The summed E-state index contributed by atoms with van der Waals surface area (Å²) in [6.45, 7) is 6.78. The highest BCUT2D eigenvalue weighted by molar-refractivity contribution is 5.56. The van der Waals surface area contributed by atoms with Crippen molar-refractivity contribution in [3.05, 3.63) is 29.8 Å². The van der Waals surface area contributed by atoms with Gasteiger partial charge in [-0.25, -0.2) is 0 Å². The SMILES string of the molecule is CCCCCN(CCCCC)c1ccc(CC=O)cc1. The third-order valence-corrected chi connectivity index (χ3v) is 3.68. The first-order valence-corrected chi connectivity index (χ1v) is 8.09. The van der Waals surface area contributed by atoms with Gasteiger partial charge in [0.2, 0.25) is 0 Å². The predicted molar refractivity (Wildman–Crippen MR) is 87.5 cm³/mol. The molecule has 0 spiro atoms. The van der Waals surface area contributed by atoms with Gasteiger partial charge in [-0.05, 0) is 30.5 Å². The molecule has 20 heavy (non-hydrogen) atoms. The monoisotopic (exact) mass is 275 g/mol. The quantitative estimate of drug-likeness (QED) is 0.434. The normalized spacial score (nSPS) is 10.5. The van der Waals surface area contributed by atoms with Crippen LogP contribution in [-0.2, 0) is 11.2 Å². The lowest BCUT2D eigenvalue weighted by atomic mass is 10.1. The summed E-state index contributed by atoms with van der Waals surface area (Å²) >= 11 is 0. The van der Waals surface area contributed by atoms with Crippen LogP contribution in [0.3, 0.4) is 0 Å². The predicted octanol–water partition coefficient (Wildman–Crippen LogP) is 4.61. The highest BCUT2D eigenvalue weighted by Crippen LogP contribution is 2.17. The van der Waals surface area contributed by atoms with Crippen molar-refractivity contribution in [1.29, 1.82) is 0 Å². The Morgan fingerprint density at radius 1 is 0.900 bits per heavy atom. The molecule has 1 aromatic rings. The lowest BCUT2D eigenvalue weighted by Crippen LogP contribution is -2.25. The maximum Gasteiger partial charge on any atom is 0.124 e. The van der Waals surface area contributed by atoms with Crippen molar-refractivity contribution < 1.29 is 4.79 Å². The Balaban J connectivity index is 2.61. The average Bonchev–Trinajstić information content (AvgIpc) is 2.47. The fourth-order valence-electron chi connectivity index (χ4n) is 2.41. The first kappa shape index (κ1) is 16.7. The number of carbonyl (C=O) groups is 1. The zero-order valence-corrected chi connectivity index (χ0v) is 13.1. The van der Waals surface area contributed by atoms with Gasteiger partial charge in [0, 0.05) is 25.2 Å². The van der Waals surface area contributed by atoms with Crippen molar-refractivity contribution in [3.63, 3.8) is 0 Å². The van der Waals surface area contributed by atoms with Crippen molar-refractivity contribution in [1.82, 2.24) is 0 Å². The Bertz CT molecular complexity index is 348. The molecule has 0 aliphatic carbocycles. The summed E-state index contributed by atoms with van der Waals surface area (Å²) in [7, 11) is 0. The Kier molecular flexibility index (Phi) is 8.77. The number of unbranched alkanes of at least 4 members (excludes halogenated alkanes) is 4. The molecule has 0 amide bonds. The average molecular weight is 275 g/mol. The van der Waals surface area contributed by atoms with E-state index in [1.165, 1.54) is 44.2 Å². The van der Waals surface area contributed by atoms with Crippen molar-refractivity contribution in [2.75, 3.05) is 18.0 Å². The molecule has 112 valence electrons. The van der Waals surface area contributed by atoms with E-state index in [9.17, 15) is 4.79 Å². The minimum Gasteiger partial charge on any atom is -0.372 e. The summed E-state index contributed by atoms with van der Waals surface area (Å²) in [6.07, 6.45) is 9.14. The van der Waals surface area contributed by atoms with E-state index in [0.717, 1.165) is 24.9 Å². The van der Waals surface area contributed by atoms with Crippen LogP contribution in [0.15, 0.2) is 24.3 Å². The molecule has 0 aromatic heterocycles. The summed E-state index contributed by atoms with van der Waals surface area (Å²) in [5.74, 6) is 0. The number of aldehydes is 1. The topological polar surface area (TPSA) is 20.3 Å². The maximum absolute atomic E-state index is 10.5. The summed E-state index contributed by atoms with van der Waals surface area (Å²) in [4.78, 5) is 13.0. The fourth-order valence-corrected chi connectivity index (χ4v) is 2.41. The molecule has 0 aliphatic rings. The van der Waals surface area contributed by atoms with Gasteiger partial charge in [-0.1, -0.05) is 51.7 Å². The third kappa shape index (κ3) is 6.23. The number of hydrogen-bond donors (Lipinski definition) is 0. The number of anilines is 1. The van der Waals surface area contributed by atoms with E-state index in [4.69, 9.17) is 0 Å². The van der Waals surface area contributed by atoms with Gasteiger partial charge >= 0.3 is 0 Å². The molecule has 0 heterocycles. The van der Waals surface area contributed by atoms with E-state index in [2.05, 4.69) is 43.0 Å². The highest BCUT2D eigenvalue weighted by atomic mass is 16.1. The molecule has 0 unspecified atom stereocenters. The second-order valence-corrected chi connectivity index (χ2v) is 5.44. The van der Waals surface area contributed by atoms with E-state index >= 15 is 0 Å². The van der Waals surface area contributed by atoms with Gasteiger partial charge in [0.05, 0.1) is 0 Å². The van der Waals surface area contributed by atoms with Crippen LogP contribution < -0.4 is 4.90 Å². The number of rotatable bonds is 11. The lowest BCUT2D eigenvalue weighted by Gasteiger charge is -2.25. The van der Waals surface area contributed by atoms with Gasteiger partial charge in [0.15, 0.2) is 0 Å². The van der Waals surface area contributed by atoms with E-state index in [-0.39, 0.29) is 0 Å². The number of benzene rings is 1. The molecular formula is C18H29NO. The summed E-state index contributed by atoms with van der Waals surface area (Å²) in [5, 5.41) is 0. The van der Waals surface area contributed by atoms with Crippen LogP contribution in [0.2, 0.25) is 0 Å². The van der Waals surface area contributed by atoms with Crippen LogP contribution in [0.1, 0.15) is 57.9 Å². The standard InChI is InChI=1S/C18H29NO/c1-3-5-7-14-19(15-8-6-4-2)18-11-9-17(10-12-18)13-16-20/h9-12,16H,3-8,13-15H2,1-2H3. The smallest absolute Gasteiger partial charge is 0.124 e. The van der Waals surface area contributed by atoms with Crippen LogP contribution in [0.25, 0.3) is 0 Å². The van der Waals surface area contributed by atoms with Crippen molar-refractivity contribution in [2.45, 2.75) is 58.8 Å². The van der Waals surface area contributed by atoms with Gasteiger partial charge in [-0.3, -0.25) is 0 Å². The number of nitrogens with zero attached hydrogens (tertiary/aromatic N) is 1. The summed E-state index contributed by atoms with van der Waals surface area (Å²) in [5.41, 5.74) is 2.40. The third-order valence-electron chi connectivity index (χ3n) is 3.68. The first-order chi connectivity index (χ1) is 9.81. The highest BCUT2D eigenvalue weighted by Gasteiger charge is 2.06. The molecule has 1 aromatic carbocycles. The minimum absolute atomic E-state index is 0.520. The Morgan fingerprint density at radius 3 is 1.90 bits per heavy atom. The molecule has 0 fully saturated rings. The Labute approximate surface area is 124 Å². The second kappa shape index (κ2) is 10.5. The lowest BCUT2D eigenvalue weighted by molar-refractivity contribution is -0.107. The molecule has 0 aliphatic heterocycles. The molecule has 2 heteroatoms. The number of hydrogen-bond acceptors (Lipinski definition) is 2. The van der Waals surface area contributed by atoms with Gasteiger partial charge in [0.25, 0.3) is 0 Å². The van der Waals surface area contributed by atoms with Crippen LogP contribution in [-0.4, -0.2) is 19.4 Å². The molecule has 0 atom stereocenters. The first-order valence-electron chi connectivity index (χ1n) is 8.09. The van der Waals surface area contributed by atoms with E-state index < -0.39 is 0 Å². The zero-order chi connectivity index (χ0) is 14.6. The van der Waals surface area contributed by atoms with Crippen LogP contribution >= 0.6 is 0 Å². The largest absolute Gasteiger partial charge is 0.372 e. The molecule has 1 rings (SSSR count). The fraction of sp³-hybridized carbons (Fsp3) is 0.611.